The van der Waals surface area contributed by atoms with Crippen molar-refractivity contribution in [3.8, 4) is 0 Å². The lowest BCUT2D eigenvalue weighted by Crippen LogP contribution is -2.25. The van der Waals surface area contributed by atoms with Crippen LogP contribution in [0.5, 0.6) is 0 Å². The molecule has 17 heavy (non-hydrogen) atoms. The Labute approximate surface area is 103 Å². The summed E-state index contributed by atoms with van der Waals surface area (Å²) < 4.78 is 0. The summed E-state index contributed by atoms with van der Waals surface area (Å²) in [6, 6.07) is 6.23. The number of aromatic amines is 1. The Morgan fingerprint density at radius 3 is 2.65 bits per heavy atom. The van der Waals surface area contributed by atoms with Crippen LogP contribution in [0.15, 0.2) is 18.2 Å². The van der Waals surface area contributed by atoms with E-state index in [2.05, 4.69) is 62.2 Å². The fourth-order valence-corrected chi connectivity index (χ4v) is 2.06. The Morgan fingerprint density at radius 1 is 1.29 bits per heavy atom. The quantitative estimate of drug-likeness (QED) is 0.873. The van der Waals surface area contributed by atoms with Crippen LogP contribution in [-0.2, 0) is 0 Å². The molecule has 1 atom stereocenters. The summed E-state index contributed by atoms with van der Waals surface area (Å²) in [6.45, 7) is 11.2. The van der Waals surface area contributed by atoms with Gasteiger partial charge in [0.2, 0.25) is 0 Å². The smallest absolute Gasteiger partial charge is 0.116 e. The number of fused-ring (bicyclic) bond motifs is 1. The predicted octanol–water partition coefficient (Wildman–Crippen LogP) is 3.70. The maximum Gasteiger partial charge on any atom is 0.116 e. The first-order chi connectivity index (χ1) is 7.94. The van der Waals surface area contributed by atoms with E-state index in [1.54, 1.807) is 0 Å². The summed E-state index contributed by atoms with van der Waals surface area (Å²) >= 11 is 0. The highest BCUT2D eigenvalue weighted by molar-refractivity contribution is 5.78. The van der Waals surface area contributed by atoms with Gasteiger partial charge in [-0.15, -0.1) is 5.10 Å². The highest BCUT2D eigenvalue weighted by Crippen LogP contribution is 2.43. The average molecular weight is 230 g/mol. The van der Waals surface area contributed by atoms with Gasteiger partial charge in [-0.1, -0.05) is 52.0 Å². The standard InChI is InChI=1S/C14H20N3/c1-9(2)14(4,5)10(3)11-7-6-8-12-13(11)16-17-15-12/h6-8,10H,1-5H3,(H,15,16,17). The summed E-state index contributed by atoms with van der Waals surface area (Å²) in [4.78, 5) is 0. The largest absolute Gasteiger partial charge is 0.258 e. The lowest BCUT2D eigenvalue weighted by Gasteiger charge is -2.35. The van der Waals surface area contributed by atoms with E-state index in [1.165, 1.54) is 11.5 Å². The molecule has 1 heterocycles. The van der Waals surface area contributed by atoms with Crippen molar-refractivity contribution in [2.24, 2.45) is 5.41 Å². The van der Waals surface area contributed by atoms with E-state index in [1.807, 2.05) is 6.07 Å². The van der Waals surface area contributed by atoms with E-state index in [0.29, 0.717) is 5.92 Å². The van der Waals surface area contributed by atoms with Crippen molar-refractivity contribution >= 4 is 11.0 Å². The van der Waals surface area contributed by atoms with Gasteiger partial charge in [0.25, 0.3) is 0 Å². The molecule has 0 aliphatic carbocycles. The molecule has 0 saturated carbocycles. The van der Waals surface area contributed by atoms with Gasteiger partial charge in [0, 0.05) is 0 Å². The lowest BCUT2D eigenvalue weighted by atomic mass is 9.69. The topological polar surface area (TPSA) is 41.6 Å². The maximum absolute atomic E-state index is 4.20. The third-order valence-electron chi connectivity index (χ3n) is 4.23. The number of H-pyrrole nitrogens is 1. The van der Waals surface area contributed by atoms with Crippen molar-refractivity contribution in [2.75, 3.05) is 0 Å². The minimum absolute atomic E-state index is 0.160. The van der Waals surface area contributed by atoms with Crippen LogP contribution in [0.1, 0.15) is 46.1 Å². The van der Waals surface area contributed by atoms with Crippen LogP contribution in [0.2, 0.25) is 0 Å². The number of nitrogens with one attached hydrogen (secondary N) is 1. The van der Waals surface area contributed by atoms with E-state index in [-0.39, 0.29) is 5.41 Å². The molecule has 0 aliphatic rings. The number of hydrogen-bond acceptors (Lipinski definition) is 2. The first-order valence-electron chi connectivity index (χ1n) is 6.05. The third-order valence-corrected chi connectivity index (χ3v) is 4.23. The molecule has 2 aromatic rings. The molecule has 0 spiro atoms. The van der Waals surface area contributed by atoms with Gasteiger partial charge in [-0.25, -0.2) is 0 Å². The van der Waals surface area contributed by atoms with Gasteiger partial charge in [-0.2, -0.15) is 0 Å². The van der Waals surface area contributed by atoms with Crippen molar-refractivity contribution < 1.29 is 0 Å². The number of benzene rings is 1. The molecule has 1 N–H and O–H groups in total. The number of nitrogens with zero attached hydrogens (tertiary/aromatic N) is 2. The van der Waals surface area contributed by atoms with Gasteiger partial charge in [0.05, 0.1) is 5.52 Å². The van der Waals surface area contributed by atoms with Crippen LogP contribution in [0.4, 0.5) is 0 Å². The van der Waals surface area contributed by atoms with E-state index >= 15 is 0 Å². The van der Waals surface area contributed by atoms with E-state index < -0.39 is 0 Å². The van der Waals surface area contributed by atoms with Crippen LogP contribution in [0, 0.1) is 11.3 Å². The molecular formula is C14H20N3. The zero-order valence-corrected chi connectivity index (χ0v) is 11.2. The van der Waals surface area contributed by atoms with Crippen molar-refractivity contribution in [1.82, 2.24) is 15.4 Å². The molecular weight excluding hydrogens is 210 g/mol. The number of hydrogen-bond donors (Lipinski definition) is 1. The van der Waals surface area contributed by atoms with Crippen molar-refractivity contribution in [3.63, 3.8) is 0 Å². The van der Waals surface area contributed by atoms with Gasteiger partial charge in [-0.05, 0) is 28.9 Å². The zero-order valence-electron chi connectivity index (χ0n) is 11.2. The van der Waals surface area contributed by atoms with Gasteiger partial charge in [0.15, 0.2) is 0 Å². The molecule has 0 aliphatic heterocycles. The van der Waals surface area contributed by atoms with Crippen LogP contribution in [0.25, 0.3) is 11.0 Å². The number of aromatic nitrogens is 3. The monoisotopic (exact) mass is 230 g/mol. The van der Waals surface area contributed by atoms with E-state index in [9.17, 15) is 0 Å². The molecule has 3 nitrogen and oxygen atoms in total. The molecule has 0 fully saturated rings. The maximum atomic E-state index is 4.20. The Kier molecular flexibility index (Phi) is 2.94. The minimum Gasteiger partial charge on any atom is -0.258 e. The predicted molar refractivity (Wildman–Crippen MR) is 70.7 cm³/mol. The first-order valence-corrected chi connectivity index (χ1v) is 6.05. The Morgan fingerprint density at radius 2 is 2.00 bits per heavy atom. The molecule has 3 heteroatoms. The Balaban J connectivity index is 2.50. The van der Waals surface area contributed by atoms with E-state index in [4.69, 9.17) is 0 Å². The molecule has 1 unspecified atom stereocenters. The molecule has 2 rings (SSSR count). The molecule has 1 aromatic heterocycles. The lowest BCUT2D eigenvalue weighted by molar-refractivity contribution is 0.323. The molecule has 0 bridgehead atoms. The molecule has 0 saturated heterocycles. The fourth-order valence-electron chi connectivity index (χ4n) is 2.06. The minimum atomic E-state index is 0.160. The molecule has 91 valence electrons. The highest BCUT2D eigenvalue weighted by atomic mass is 15.3. The van der Waals surface area contributed by atoms with Gasteiger partial charge >= 0.3 is 0 Å². The van der Waals surface area contributed by atoms with Crippen molar-refractivity contribution in [1.29, 1.82) is 0 Å². The molecule has 1 aromatic carbocycles. The SMILES string of the molecule is C[C](C)C(C)(C)C(C)c1cccc2[nH]nnc12. The van der Waals surface area contributed by atoms with Crippen LogP contribution in [-0.4, -0.2) is 15.4 Å². The van der Waals surface area contributed by atoms with Crippen molar-refractivity contribution in [2.45, 2.75) is 40.5 Å². The highest BCUT2D eigenvalue weighted by Gasteiger charge is 2.32. The Hall–Kier alpha value is -1.38. The summed E-state index contributed by atoms with van der Waals surface area (Å²) in [5.74, 6) is 1.85. The van der Waals surface area contributed by atoms with Gasteiger partial charge in [-0.3, -0.25) is 5.10 Å². The van der Waals surface area contributed by atoms with Crippen LogP contribution >= 0.6 is 0 Å². The second kappa shape index (κ2) is 4.13. The summed E-state index contributed by atoms with van der Waals surface area (Å²) in [5.41, 5.74) is 3.43. The fraction of sp³-hybridized carbons (Fsp3) is 0.500. The molecule has 0 amide bonds. The van der Waals surface area contributed by atoms with Crippen LogP contribution < -0.4 is 0 Å². The summed E-state index contributed by atoms with van der Waals surface area (Å²) in [7, 11) is 0. The van der Waals surface area contributed by atoms with Gasteiger partial charge in [0.1, 0.15) is 5.52 Å². The summed E-state index contributed by atoms with van der Waals surface area (Å²) in [6.07, 6.45) is 0. The normalized spacial score (nSPS) is 14.5. The number of rotatable bonds is 3. The Bertz CT molecular complexity index is 511. The van der Waals surface area contributed by atoms with Crippen molar-refractivity contribution in [3.05, 3.63) is 29.7 Å². The third kappa shape index (κ3) is 1.94. The molecule has 1 radical (unpaired) electrons. The van der Waals surface area contributed by atoms with E-state index in [0.717, 1.165) is 11.0 Å². The summed E-state index contributed by atoms with van der Waals surface area (Å²) in [5, 5.41) is 11.0. The second-order valence-electron chi connectivity index (χ2n) is 5.50. The average Bonchev–Trinajstić information content (AvgIpc) is 2.75. The van der Waals surface area contributed by atoms with Crippen LogP contribution in [0.3, 0.4) is 0 Å². The first kappa shape index (κ1) is 12.1. The van der Waals surface area contributed by atoms with Gasteiger partial charge < -0.3 is 0 Å². The zero-order chi connectivity index (χ0) is 12.6. The second-order valence-corrected chi connectivity index (χ2v) is 5.50.